The van der Waals surface area contributed by atoms with Crippen molar-refractivity contribution >= 4 is 21.8 Å². The van der Waals surface area contributed by atoms with Gasteiger partial charge in [-0.25, -0.2) is 8.78 Å². The lowest BCUT2D eigenvalue weighted by atomic mass is 9.99. The van der Waals surface area contributed by atoms with E-state index in [9.17, 15) is 13.6 Å². The zero-order valence-corrected chi connectivity index (χ0v) is 12.9. The minimum absolute atomic E-state index is 0.274. The minimum atomic E-state index is -2.52. The Morgan fingerprint density at radius 1 is 1.26 bits per heavy atom. The molecule has 5 heteroatoms. The van der Waals surface area contributed by atoms with Crippen LogP contribution in [-0.4, -0.2) is 35.7 Å². The molecule has 0 saturated heterocycles. The van der Waals surface area contributed by atoms with Crippen LogP contribution in [0.15, 0.2) is 12.1 Å². The van der Waals surface area contributed by atoms with Crippen LogP contribution in [0.4, 0.5) is 8.78 Å². The molecule has 19 heavy (non-hydrogen) atoms. The first-order chi connectivity index (χ1) is 8.86. The molecule has 0 aliphatic carbocycles. The number of nitrogens with zero attached hydrogens (tertiary/aromatic N) is 1. The second-order valence-electron chi connectivity index (χ2n) is 4.60. The average molecular weight is 334 g/mol. The van der Waals surface area contributed by atoms with E-state index in [1.807, 2.05) is 32.9 Å². The molecule has 0 aliphatic rings. The van der Waals surface area contributed by atoms with Crippen LogP contribution in [0.2, 0.25) is 0 Å². The Balaban J connectivity index is 3.09. The first-order valence-corrected chi connectivity index (χ1v) is 7.20. The van der Waals surface area contributed by atoms with Gasteiger partial charge in [-0.05, 0) is 31.9 Å². The Morgan fingerprint density at radius 2 is 1.79 bits per heavy atom. The molecular formula is C14H18BrF2NO. The summed E-state index contributed by atoms with van der Waals surface area (Å²) >= 11 is 3.19. The molecule has 1 rings (SSSR count). The summed E-state index contributed by atoms with van der Waals surface area (Å²) in [4.78, 5) is 13.6. The Kier molecular flexibility index (Phi) is 5.91. The molecule has 0 radical (unpaired) electrons. The maximum atomic E-state index is 12.5. The van der Waals surface area contributed by atoms with E-state index < -0.39 is 13.0 Å². The molecule has 0 N–H and O–H groups in total. The Bertz CT molecular complexity index is 440. The molecule has 1 aromatic rings. The van der Waals surface area contributed by atoms with Crippen molar-refractivity contribution in [3.8, 4) is 0 Å². The third-order valence-electron chi connectivity index (χ3n) is 2.89. The van der Waals surface area contributed by atoms with E-state index in [4.69, 9.17) is 0 Å². The Hall–Kier alpha value is -0.970. The van der Waals surface area contributed by atoms with Crippen LogP contribution in [0.25, 0.3) is 0 Å². The number of aryl methyl sites for hydroxylation is 3. The molecule has 0 heterocycles. The third kappa shape index (κ3) is 4.27. The predicted molar refractivity (Wildman–Crippen MR) is 76.4 cm³/mol. The topological polar surface area (TPSA) is 20.3 Å². The van der Waals surface area contributed by atoms with Gasteiger partial charge in [-0.15, -0.1) is 0 Å². The van der Waals surface area contributed by atoms with Gasteiger partial charge in [0.25, 0.3) is 12.3 Å². The van der Waals surface area contributed by atoms with Gasteiger partial charge in [0.05, 0.1) is 6.54 Å². The van der Waals surface area contributed by atoms with Crippen molar-refractivity contribution in [1.29, 1.82) is 0 Å². The van der Waals surface area contributed by atoms with Crippen molar-refractivity contribution in [3.05, 3.63) is 34.4 Å². The Labute approximate surface area is 120 Å². The highest BCUT2D eigenvalue weighted by Gasteiger charge is 2.22. The van der Waals surface area contributed by atoms with Crippen LogP contribution in [-0.2, 0) is 0 Å². The van der Waals surface area contributed by atoms with Gasteiger partial charge in [0.15, 0.2) is 0 Å². The number of hydrogen-bond acceptors (Lipinski definition) is 1. The molecule has 0 atom stereocenters. The van der Waals surface area contributed by atoms with Crippen LogP contribution in [0, 0.1) is 20.8 Å². The molecule has 1 amide bonds. The fourth-order valence-electron chi connectivity index (χ4n) is 2.22. The molecule has 0 fully saturated rings. The number of hydrogen-bond donors (Lipinski definition) is 0. The summed E-state index contributed by atoms with van der Waals surface area (Å²) in [6.07, 6.45) is -2.52. The summed E-state index contributed by atoms with van der Waals surface area (Å²) in [5.74, 6) is -0.324. The average Bonchev–Trinajstić information content (AvgIpc) is 2.26. The molecule has 0 aliphatic heterocycles. The second kappa shape index (κ2) is 6.98. The van der Waals surface area contributed by atoms with Gasteiger partial charge >= 0.3 is 0 Å². The number of alkyl halides is 3. The maximum Gasteiger partial charge on any atom is 0.255 e. The van der Waals surface area contributed by atoms with Crippen molar-refractivity contribution in [2.24, 2.45) is 0 Å². The van der Waals surface area contributed by atoms with Gasteiger partial charge in [0, 0.05) is 17.4 Å². The van der Waals surface area contributed by atoms with Crippen molar-refractivity contribution in [3.63, 3.8) is 0 Å². The summed E-state index contributed by atoms with van der Waals surface area (Å²) in [5.41, 5.74) is 3.26. The SMILES string of the molecule is Cc1cc(C)c(C(=O)N(CCBr)CC(F)F)c(C)c1. The largest absolute Gasteiger partial charge is 0.332 e. The molecular weight excluding hydrogens is 316 g/mol. The lowest BCUT2D eigenvalue weighted by Gasteiger charge is -2.23. The number of halogens is 3. The summed E-state index contributed by atoms with van der Waals surface area (Å²) < 4.78 is 25.1. The number of carbonyl (C=O) groups is 1. The highest BCUT2D eigenvalue weighted by molar-refractivity contribution is 9.09. The highest BCUT2D eigenvalue weighted by Crippen LogP contribution is 2.19. The summed E-state index contributed by atoms with van der Waals surface area (Å²) in [6, 6.07) is 3.80. The van der Waals surface area contributed by atoms with Crippen molar-refractivity contribution < 1.29 is 13.6 Å². The minimum Gasteiger partial charge on any atom is -0.332 e. The van der Waals surface area contributed by atoms with E-state index in [1.165, 1.54) is 4.90 Å². The fourth-order valence-corrected chi connectivity index (χ4v) is 2.65. The first-order valence-electron chi connectivity index (χ1n) is 6.08. The number of benzene rings is 1. The maximum absolute atomic E-state index is 12.5. The quantitative estimate of drug-likeness (QED) is 0.752. The van der Waals surface area contributed by atoms with Gasteiger partial charge in [-0.2, -0.15) is 0 Å². The molecule has 0 bridgehead atoms. The third-order valence-corrected chi connectivity index (χ3v) is 3.25. The molecule has 0 spiro atoms. The zero-order chi connectivity index (χ0) is 14.6. The first kappa shape index (κ1) is 16.1. The number of rotatable bonds is 5. The van der Waals surface area contributed by atoms with Crippen molar-refractivity contribution in [2.45, 2.75) is 27.2 Å². The molecule has 2 nitrogen and oxygen atoms in total. The van der Waals surface area contributed by atoms with Crippen LogP contribution < -0.4 is 0 Å². The summed E-state index contributed by atoms with van der Waals surface area (Å²) in [6.45, 7) is 5.36. The van der Waals surface area contributed by atoms with Crippen LogP contribution in [0.5, 0.6) is 0 Å². The van der Waals surface area contributed by atoms with E-state index in [0.29, 0.717) is 10.9 Å². The van der Waals surface area contributed by atoms with Crippen LogP contribution >= 0.6 is 15.9 Å². The van der Waals surface area contributed by atoms with Crippen molar-refractivity contribution in [1.82, 2.24) is 4.90 Å². The van der Waals surface area contributed by atoms with E-state index >= 15 is 0 Å². The number of amides is 1. The summed E-state index contributed by atoms with van der Waals surface area (Å²) in [5, 5.41) is 0.482. The molecule has 106 valence electrons. The van der Waals surface area contributed by atoms with E-state index in [2.05, 4.69) is 15.9 Å². The summed E-state index contributed by atoms with van der Waals surface area (Å²) in [7, 11) is 0. The predicted octanol–water partition coefficient (Wildman–Crippen LogP) is 3.71. The van der Waals surface area contributed by atoms with Gasteiger partial charge < -0.3 is 4.90 Å². The standard InChI is InChI=1S/C14H18BrF2NO/c1-9-6-10(2)13(11(3)7-9)14(19)18(5-4-15)8-12(16)17/h6-7,12H,4-5,8H2,1-3H3. The molecule has 0 unspecified atom stereocenters. The molecule has 0 aromatic heterocycles. The van der Waals surface area contributed by atoms with Gasteiger partial charge in [0.2, 0.25) is 0 Å². The normalized spacial score (nSPS) is 10.9. The van der Waals surface area contributed by atoms with E-state index in [1.54, 1.807) is 0 Å². The zero-order valence-electron chi connectivity index (χ0n) is 11.3. The van der Waals surface area contributed by atoms with E-state index in [0.717, 1.165) is 16.7 Å². The lowest BCUT2D eigenvalue weighted by Crippen LogP contribution is -2.37. The highest BCUT2D eigenvalue weighted by atomic mass is 79.9. The fraction of sp³-hybridized carbons (Fsp3) is 0.500. The van der Waals surface area contributed by atoms with Crippen LogP contribution in [0.1, 0.15) is 27.0 Å². The van der Waals surface area contributed by atoms with Crippen LogP contribution in [0.3, 0.4) is 0 Å². The smallest absolute Gasteiger partial charge is 0.255 e. The second-order valence-corrected chi connectivity index (χ2v) is 5.40. The molecule has 0 saturated carbocycles. The van der Waals surface area contributed by atoms with Crippen molar-refractivity contribution in [2.75, 3.05) is 18.4 Å². The monoisotopic (exact) mass is 333 g/mol. The lowest BCUT2D eigenvalue weighted by molar-refractivity contribution is 0.0571. The van der Waals surface area contributed by atoms with Gasteiger partial charge in [0.1, 0.15) is 0 Å². The molecule has 1 aromatic carbocycles. The van der Waals surface area contributed by atoms with Gasteiger partial charge in [-0.3, -0.25) is 4.79 Å². The number of carbonyl (C=O) groups excluding carboxylic acids is 1. The Morgan fingerprint density at radius 3 is 2.21 bits per heavy atom. The van der Waals surface area contributed by atoms with E-state index in [-0.39, 0.29) is 12.5 Å². The van der Waals surface area contributed by atoms with Gasteiger partial charge in [-0.1, -0.05) is 33.6 Å².